The lowest BCUT2D eigenvalue weighted by atomic mass is 9.71. The summed E-state index contributed by atoms with van der Waals surface area (Å²) >= 11 is 0. The summed E-state index contributed by atoms with van der Waals surface area (Å²) < 4.78 is 603. The first-order chi connectivity index (χ1) is 56.0. The van der Waals surface area contributed by atoms with Gasteiger partial charge < -0.3 is 44.2 Å². The monoisotopic (exact) mass is 863 g/mol. The van der Waals surface area contributed by atoms with Crippen molar-refractivity contribution in [3.63, 3.8) is 0 Å². The predicted molar refractivity (Wildman–Crippen MR) is 232 cm³/mol. The molecule has 9 heteroatoms. The third-order valence-electron chi connectivity index (χ3n) is 6.41. The number of aliphatic hydroxyl groups is 3. The summed E-state index contributed by atoms with van der Waals surface area (Å²) in [4.78, 5) is -3.43. The van der Waals surface area contributed by atoms with Crippen molar-refractivity contribution in [2.75, 3.05) is 82.5 Å². The summed E-state index contributed by atoms with van der Waals surface area (Å²) in [5.74, 6) is -19.5. The summed E-state index contributed by atoms with van der Waals surface area (Å²) in [7, 11) is -10.7. The zero-order valence-corrected chi connectivity index (χ0v) is 27.9. The molecule has 3 aromatic rings. The first kappa shape index (κ1) is 8.91. The molecule has 0 amide bonds. The van der Waals surface area contributed by atoms with Gasteiger partial charge in [-0.05, 0) is 133 Å². The molecule has 6 atom stereocenters. The van der Waals surface area contributed by atoms with Gasteiger partial charge in [0.1, 0.15) is 17.2 Å². The zero-order valence-electron chi connectivity index (χ0n) is 101. The van der Waals surface area contributed by atoms with Crippen molar-refractivity contribution in [3.05, 3.63) is 89.2 Å². The first-order valence-corrected chi connectivity index (χ1v) is 14.4. The molecule has 0 saturated heterocycles. The molecule has 3 saturated carbocycles. The molecule has 3 aliphatic carbocycles. The van der Waals surface area contributed by atoms with E-state index in [9.17, 15) is 11.6 Å². The van der Waals surface area contributed by atoms with Crippen molar-refractivity contribution in [1.82, 2.24) is 14.7 Å². The Kier molecular flexibility index (Phi) is 3.39. The Morgan fingerprint density at radius 2 is 0.930 bits per heavy atom. The summed E-state index contributed by atoms with van der Waals surface area (Å²) in [5.41, 5.74) is -20.3. The molecule has 9 nitrogen and oxygen atoms in total. The third-order valence-corrected chi connectivity index (χ3v) is 6.41. The van der Waals surface area contributed by atoms with Crippen molar-refractivity contribution < 1.29 is 128 Å². The van der Waals surface area contributed by atoms with Gasteiger partial charge in [0, 0.05) is 107 Å². The van der Waals surface area contributed by atoms with Gasteiger partial charge in [-0.2, -0.15) is 0 Å². The molecule has 3 aliphatic rings. The van der Waals surface area contributed by atoms with Gasteiger partial charge in [-0.3, -0.25) is 0 Å². The molecular formula is C48H75N3O6. The van der Waals surface area contributed by atoms with E-state index in [0.29, 0.717) is 0 Å². The Morgan fingerprint density at radius 3 is 1.26 bits per heavy atom. The Hall–Kier alpha value is -3.18. The van der Waals surface area contributed by atoms with E-state index in [4.69, 9.17) is 98.8 Å². The molecule has 318 valence electrons. The van der Waals surface area contributed by atoms with E-state index in [1.54, 1.807) is 0 Å². The number of hydrogen-bond donors (Lipinski definition) is 3. The number of rotatable bonds is 13. The van der Waals surface area contributed by atoms with Crippen LogP contribution in [0.2, 0.25) is 0 Å². The second-order valence-electron chi connectivity index (χ2n) is 9.99. The van der Waals surface area contributed by atoms with E-state index in [0.717, 1.165) is 0 Å². The fourth-order valence-electron chi connectivity index (χ4n) is 3.99. The van der Waals surface area contributed by atoms with Gasteiger partial charge in [-0.15, -0.1) is 0 Å². The van der Waals surface area contributed by atoms with Gasteiger partial charge in [-0.25, -0.2) is 0 Å². The third kappa shape index (κ3) is 12.4. The number of methoxy groups -OCH3 is 3. The molecule has 0 bridgehead atoms. The highest BCUT2D eigenvalue weighted by Crippen LogP contribution is 2.45. The molecule has 0 aliphatic heterocycles. The molecule has 0 aromatic heterocycles. The first-order valence-electron chi connectivity index (χ1n) is 50.8. The van der Waals surface area contributed by atoms with Gasteiger partial charge in [0.25, 0.3) is 0 Å². The lowest BCUT2D eigenvalue weighted by molar-refractivity contribution is -0.0621. The van der Waals surface area contributed by atoms with Crippen molar-refractivity contribution in [1.29, 1.82) is 1.43 Å². The van der Waals surface area contributed by atoms with E-state index < -0.39 is 315 Å². The highest BCUT2D eigenvalue weighted by atomic mass is 16.5. The molecule has 2 unspecified atom stereocenters. The van der Waals surface area contributed by atoms with Gasteiger partial charge in [0.15, 0.2) is 0 Å². The standard InChI is InChI=1S/3C16H25NO2/c3*1-17(2)12-14-7-4-5-10-16(14,18)13-8-6-9-15(11-13)19-3/h3*6,8-9,11,14,18H,4-5,7,10,12H2,1-3H3/t2*14-,16+;/m11./s1/i1D3,2D3,3D3,4D2,5D2,6D,7D2,8D,9D,10D2,11D,12D2,14D,18D;2*1D3,2D3,3D3,4D2,5D2,6D,7D2,8D,9D,10D2,11D,12D2,14D. The van der Waals surface area contributed by atoms with Crippen LogP contribution < -0.4 is 14.2 Å². The van der Waals surface area contributed by atoms with E-state index in [1.165, 1.54) is 0 Å². The molecule has 6 rings (SSSR count). The van der Waals surface area contributed by atoms with Gasteiger partial charge in [-0.1, -0.05) is 74.5 Å². The molecule has 3 aromatic carbocycles. The van der Waals surface area contributed by atoms with Crippen molar-refractivity contribution in [2.45, 2.75) is 93.3 Å². The van der Waals surface area contributed by atoms with Gasteiger partial charge in [0.05, 0.1) is 66.7 Å². The topological polar surface area (TPSA) is 98.1 Å². The fraction of sp³-hybridized carbons (Fsp3) is 0.625. The quantitative estimate of drug-likeness (QED) is 0.159. The van der Waals surface area contributed by atoms with Crippen LogP contribution in [0.3, 0.4) is 0 Å². The lowest BCUT2D eigenvalue weighted by Gasteiger charge is -2.41. The van der Waals surface area contributed by atoms with Crippen molar-refractivity contribution in [2.24, 2.45) is 17.7 Å². The minimum atomic E-state index is -4.97. The Balaban J connectivity index is 0.000000408. The highest BCUT2D eigenvalue weighted by Gasteiger charge is 2.42. The molecule has 0 radical (unpaired) electrons. The SMILES string of the molecule is [2H]O[C@]1(c2c([2H])c([2H])c([2H])c(OC([2H])([2H])[2H])c2[2H])C([2H])([2H])C([2H])([2H])C([2H])([2H])C([2H])([2H])[C@]1([2H])C([2H])([2H])N(C([2H])([2H])[2H])C([2H])([2H])[2H].[2H]c1c([2H])c(OC([2H])([2H])[2H])c([2H])c(C2(O)C([2H])([2H])C([2H])([2H])C([2H])([2H])C([2H])([2H])C2([2H])C([2H])([2H])N(C([2H])([2H])[2H])C([2H])([2H])[2H])c1[2H].[2H]c1c([2H])c(OC([2H])([2H])[2H])c([2H])c([C@@]2(O)C([2H])([2H])C([2H])([2H])C([2H])([2H])C([2H])([2H])[C@]2([2H])C([2H])([2H])N(C([2H])([2H])[2H])C([2H])([2H])[2H])c1[2H]. The molecule has 0 heterocycles. The van der Waals surface area contributed by atoms with Crippen LogP contribution >= 0.6 is 0 Å². The largest absolute Gasteiger partial charge is 0.497 e. The Labute approximate surface area is 447 Å². The van der Waals surface area contributed by atoms with E-state index in [2.05, 4.69) is 19.3 Å². The van der Waals surface area contributed by atoms with Crippen molar-refractivity contribution in [3.8, 4) is 17.2 Å². The predicted octanol–water partition coefficient (Wildman–Crippen LogP) is 7.90. The maximum Gasteiger partial charge on any atom is 0.211 e. The van der Waals surface area contributed by atoms with Crippen LogP contribution in [0.5, 0.6) is 17.2 Å². The van der Waals surface area contributed by atoms with Crippen LogP contribution in [0.15, 0.2) is 72.5 Å². The summed E-state index contributed by atoms with van der Waals surface area (Å²) in [6, 6.07) is -19.2. The van der Waals surface area contributed by atoms with Crippen LogP contribution in [0.4, 0.5) is 0 Å². The Bertz CT molecular complexity index is 4550. The zero-order chi connectivity index (χ0) is 105. The van der Waals surface area contributed by atoms with E-state index in [1.807, 2.05) is 0 Å². The summed E-state index contributed by atoms with van der Waals surface area (Å²) in [6.45, 7) is -39.7. The second-order valence-corrected chi connectivity index (χ2v) is 9.99. The number of nitrogens with zero attached hydrogens (tertiary/aromatic N) is 3. The highest BCUT2D eigenvalue weighted by molar-refractivity contribution is 5.35. The molecule has 57 heavy (non-hydrogen) atoms. The minimum Gasteiger partial charge on any atom is -0.497 e. The fourth-order valence-corrected chi connectivity index (χ4v) is 3.99. The van der Waals surface area contributed by atoms with Crippen LogP contribution in [-0.4, -0.2) is 114 Å². The van der Waals surface area contributed by atoms with E-state index in [-0.39, 0.29) is 0 Å². The minimum absolute atomic E-state index is 1.13. The normalized spacial score (nSPS) is 63.5. The number of ether oxygens (including phenoxy) is 3. The molecule has 3 N–H and O–H groups in total. The smallest absolute Gasteiger partial charge is 0.211 e. The number of benzene rings is 3. The van der Waals surface area contributed by atoms with E-state index >= 15 is 0 Å². The molecule has 0 spiro atoms. The van der Waals surface area contributed by atoms with Crippen LogP contribution in [0.25, 0.3) is 0 Å². The average Bonchev–Trinajstić information content (AvgIpc) is 0.640. The second kappa shape index (κ2) is 21.7. The summed E-state index contributed by atoms with van der Waals surface area (Å²) in [6.07, 6.45) is -54.5. The summed E-state index contributed by atoms with van der Waals surface area (Å²) in [5, 5.41) is 28.8. The number of hydrogen-bond acceptors (Lipinski definition) is 9. The molecular weight excluding hydrogens is 715 g/mol. The average molecular weight is 864 g/mol. The van der Waals surface area contributed by atoms with Crippen LogP contribution in [-0.2, 0) is 16.8 Å². The molecule has 3 fully saturated rings. The van der Waals surface area contributed by atoms with Gasteiger partial charge in [0.2, 0.25) is 1.43 Å². The lowest BCUT2D eigenvalue weighted by Crippen LogP contribution is -2.43. The van der Waals surface area contributed by atoms with Crippen molar-refractivity contribution >= 4 is 0 Å². The van der Waals surface area contributed by atoms with Crippen LogP contribution in [0, 0.1) is 17.7 Å². The maximum atomic E-state index is 12.2. The van der Waals surface area contributed by atoms with Gasteiger partial charge >= 0.3 is 0 Å². The maximum absolute atomic E-state index is 12.2. The Morgan fingerprint density at radius 1 is 0.596 bits per heavy atom. The van der Waals surface area contributed by atoms with Crippen LogP contribution in [0.1, 0.15) is 192 Å².